The molecule has 0 N–H and O–H groups in total. The highest BCUT2D eigenvalue weighted by molar-refractivity contribution is 6.21. The van der Waals surface area contributed by atoms with Gasteiger partial charge in [0, 0.05) is 25.6 Å². The minimum atomic E-state index is -0.825. The monoisotopic (exact) mass is 400 g/mol. The first kappa shape index (κ1) is 21.0. The van der Waals surface area contributed by atoms with Gasteiger partial charge in [0.25, 0.3) is 17.7 Å². The summed E-state index contributed by atoms with van der Waals surface area (Å²) in [6.07, 6.45) is 3.50. The standard InChI is InChI=1S/C22H28N2O5/c1-3-16-9-6-7-13-23(16)20(26)15(2)29-19(25)12-8-14-24-21(27)17-10-4-5-11-18(17)22(24)28/h4-5,10-11,15-16H,3,6-9,12-14H2,1-2H3. The van der Waals surface area contributed by atoms with E-state index in [1.54, 1.807) is 31.2 Å². The number of hydrogen-bond acceptors (Lipinski definition) is 5. The molecule has 0 aliphatic carbocycles. The Bertz CT molecular complexity index is 771. The Kier molecular flexibility index (Phi) is 6.67. The van der Waals surface area contributed by atoms with Gasteiger partial charge in [-0.25, -0.2) is 0 Å². The number of nitrogens with zero attached hydrogens (tertiary/aromatic N) is 2. The number of piperidine rings is 1. The molecule has 1 aromatic rings. The summed E-state index contributed by atoms with van der Waals surface area (Å²) in [7, 11) is 0. The molecule has 29 heavy (non-hydrogen) atoms. The van der Waals surface area contributed by atoms with Gasteiger partial charge in [-0.3, -0.25) is 24.1 Å². The van der Waals surface area contributed by atoms with Crippen LogP contribution >= 0.6 is 0 Å². The molecule has 7 nitrogen and oxygen atoms in total. The minimum absolute atomic E-state index is 0.0439. The van der Waals surface area contributed by atoms with Crippen molar-refractivity contribution in [2.75, 3.05) is 13.1 Å². The third-order valence-corrected chi connectivity index (χ3v) is 5.68. The first-order chi connectivity index (χ1) is 13.9. The zero-order chi connectivity index (χ0) is 21.0. The molecular formula is C22H28N2O5. The summed E-state index contributed by atoms with van der Waals surface area (Å²) >= 11 is 0. The average Bonchev–Trinajstić information content (AvgIpc) is 2.98. The highest BCUT2D eigenvalue weighted by Crippen LogP contribution is 2.23. The quantitative estimate of drug-likeness (QED) is 0.519. The van der Waals surface area contributed by atoms with Crippen LogP contribution in [0.3, 0.4) is 0 Å². The van der Waals surface area contributed by atoms with E-state index in [0.29, 0.717) is 24.1 Å². The fraction of sp³-hybridized carbons (Fsp3) is 0.545. The number of hydrogen-bond donors (Lipinski definition) is 0. The molecule has 1 aromatic carbocycles. The summed E-state index contributed by atoms with van der Waals surface area (Å²) in [5, 5.41) is 0. The molecule has 1 saturated heterocycles. The van der Waals surface area contributed by atoms with Gasteiger partial charge in [-0.2, -0.15) is 0 Å². The van der Waals surface area contributed by atoms with Crippen molar-refractivity contribution < 1.29 is 23.9 Å². The molecule has 156 valence electrons. The van der Waals surface area contributed by atoms with Gasteiger partial charge in [0.2, 0.25) is 0 Å². The summed E-state index contributed by atoms with van der Waals surface area (Å²) in [6.45, 7) is 4.52. The van der Waals surface area contributed by atoms with Crippen LogP contribution in [0.5, 0.6) is 0 Å². The Labute approximate surface area is 171 Å². The maximum absolute atomic E-state index is 12.6. The van der Waals surface area contributed by atoms with E-state index >= 15 is 0 Å². The second-order valence-corrected chi connectivity index (χ2v) is 7.63. The number of likely N-dealkylation sites (tertiary alicyclic amines) is 1. The summed E-state index contributed by atoms with van der Waals surface area (Å²) in [5.41, 5.74) is 0.789. The van der Waals surface area contributed by atoms with E-state index in [1.807, 2.05) is 4.90 Å². The average molecular weight is 400 g/mol. The van der Waals surface area contributed by atoms with Crippen LogP contribution in [0, 0.1) is 0 Å². The van der Waals surface area contributed by atoms with Gasteiger partial charge in [0.15, 0.2) is 6.10 Å². The van der Waals surface area contributed by atoms with E-state index in [0.717, 1.165) is 30.6 Å². The molecule has 2 atom stereocenters. The fourth-order valence-electron chi connectivity index (χ4n) is 4.08. The first-order valence-corrected chi connectivity index (χ1v) is 10.4. The van der Waals surface area contributed by atoms with E-state index in [2.05, 4.69) is 6.92 Å². The maximum atomic E-state index is 12.6. The van der Waals surface area contributed by atoms with Gasteiger partial charge in [-0.1, -0.05) is 19.1 Å². The normalized spacial score (nSPS) is 19.9. The molecule has 2 unspecified atom stereocenters. The number of imide groups is 1. The lowest BCUT2D eigenvalue weighted by atomic mass is 9.99. The number of amides is 3. The van der Waals surface area contributed by atoms with Crippen molar-refractivity contribution in [2.24, 2.45) is 0 Å². The smallest absolute Gasteiger partial charge is 0.306 e. The van der Waals surface area contributed by atoms with E-state index in [9.17, 15) is 19.2 Å². The van der Waals surface area contributed by atoms with Gasteiger partial charge in [-0.05, 0) is 51.2 Å². The van der Waals surface area contributed by atoms with Crippen molar-refractivity contribution in [3.8, 4) is 0 Å². The van der Waals surface area contributed by atoms with Gasteiger partial charge in [0.1, 0.15) is 0 Å². The van der Waals surface area contributed by atoms with Crippen LogP contribution in [0.25, 0.3) is 0 Å². The van der Waals surface area contributed by atoms with Crippen LogP contribution in [-0.2, 0) is 14.3 Å². The number of rotatable bonds is 7. The molecule has 0 bridgehead atoms. The number of ether oxygens (including phenoxy) is 1. The molecule has 3 rings (SSSR count). The highest BCUT2D eigenvalue weighted by atomic mass is 16.5. The van der Waals surface area contributed by atoms with Crippen LogP contribution in [-0.4, -0.2) is 58.7 Å². The largest absolute Gasteiger partial charge is 0.453 e. The van der Waals surface area contributed by atoms with Crippen molar-refractivity contribution >= 4 is 23.7 Å². The SMILES string of the molecule is CCC1CCCCN1C(=O)C(C)OC(=O)CCCN1C(=O)c2ccccc2C1=O. The molecule has 0 saturated carbocycles. The molecule has 2 aliphatic rings. The summed E-state index contributed by atoms with van der Waals surface area (Å²) in [4.78, 5) is 52.5. The predicted octanol–water partition coefficient (Wildman–Crippen LogP) is 2.79. The van der Waals surface area contributed by atoms with Crippen molar-refractivity contribution in [1.29, 1.82) is 0 Å². The van der Waals surface area contributed by atoms with E-state index in [1.165, 1.54) is 0 Å². The second-order valence-electron chi connectivity index (χ2n) is 7.63. The Morgan fingerprint density at radius 3 is 2.41 bits per heavy atom. The van der Waals surface area contributed by atoms with E-state index in [-0.39, 0.29) is 36.7 Å². The minimum Gasteiger partial charge on any atom is -0.453 e. The van der Waals surface area contributed by atoms with Crippen molar-refractivity contribution in [3.05, 3.63) is 35.4 Å². The third-order valence-electron chi connectivity index (χ3n) is 5.68. The molecule has 0 radical (unpaired) electrons. The number of carbonyl (C=O) groups is 4. The molecule has 0 spiro atoms. The lowest BCUT2D eigenvalue weighted by molar-refractivity contribution is -0.161. The van der Waals surface area contributed by atoms with Crippen LogP contribution in [0.2, 0.25) is 0 Å². The van der Waals surface area contributed by atoms with E-state index in [4.69, 9.17) is 4.74 Å². The Morgan fingerprint density at radius 1 is 1.14 bits per heavy atom. The maximum Gasteiger partial charge on any atom is 0.306 e. The second kappa shape index (κ2) is 9.20. The molecule has 3 amide bonds. The molecule has 0 aromatic heterocycles. The lowest BCUT2D eigenvalue weighted by Crippen LogP contribution is -2.48. The molecule has 7 heteroatoms. The highest BCUT2D eigenvalue weighted by Gasteiger charge is 2.35. The predicted molar refractivity (Wildman–Crippen MR) is 106 cm³/mol. The number of fused-ring (bicyclic) bond motifs is 1. The molecule has 1 fully saturated rings. The molecule has 2 aliphatic heterocycles. The Morgan fingerprint density at radius 2 is 1.79 bits per heavy atom. The van der Waals surface area contributed by atoms with E-state index < -0.39 is 12.1 Å². The summed E-state index contributed by atoms with van der Waals surface area (Å²) in [6, 6.07) is 6.90. The van der Waals surface area contributed by atoms with Crippen molar-refractivity contribution in [1.82, 2.24) is 9.80 Å². The summed E-state index contributed by atoms with van der Waals surface area (Å²) < 4.78 is 5.32. The lowest BCUT2D eigenvalue weighted by Gasteiger charge is -2.36. The van der Waals surface area contributed by atoms with Gasteiger partial charge in [-0.15, -0.1) is 0 Å². The van der Waals surface area contributed by atoms with Crippen molar-refractivity contribution in [2.45, 2.75) is 64.5 Å². The fourth-order valence-corrected chi connectivity index (χ4v) is 4.08. The Hall–Kier alpha value is -2.70. The third kappa shape index (κ3) is 4.49. The first-order valence-electron chi connectivity index (χ1n) is 10.4. The van der Waals surface area contributed by atoms with Crippen LogP contribution in [0.15, 0.2) is 24.3 Å². The van der Waals surface area contributed by atoms with Crippen molar-refractivity contribution in [3.63, 3.8) is 0 Å². The topological polar surface area (TPSA) is 84.0 Å². The molecular weight excluding hydrogens is 372 g/mol. The van der Waals surface area contributed by atoms with Crippen LogP contribution in [0.4, 0.5) is 0 Å². The van der Waals surface area contributed by atoms with Gasteiger partial charge < -0.3 is 9.64 Å². The summed E-state index contributed by atoms with van der Waals surface area (Å²) in [5.74, 6) is -1.31. The van der Waals surface area contributed by atoms with Gasteiger partial charge >= 0.3 is 5.97 Å². The zero-order valence-corrected chi connectivity index (χ0v) is 17.1. The Balaban J connectivity index is 1.46. The zero-order valence-electron chi connectivity index (χ0n) is 17.1. The van der Waals surface area contributed by atoms with Gasteiger partial charge in [0.05, 0.1) is 11.1 Å². The number of benzene rings is 1. The number of esters is 1. The molecule has 2 heterocycles. The number of carbonyl (C=O) groups excluding carboxylic acids is 4. The van der Waals surface area contributed by atoms with Crippen LogP contribution < -0.4 is 0 Å². The van der Waals surface area contributed by atoms with Crippen LogP contribution in [0.1, 0.15) is 73.1 Å².